The van der Waals surface area contributed by atoms with Crippen molar-refractivity contribution in [3.05, 3.63) is 29.8 Å². The Hall–Kier alpha value is -1.88. The maximum Gasteiger partial charge on any atom is 0.238 e. The Morgan fingerprint density at radius 2 is 1.76 bits per heavy atom. The molecule has 21 heavy (non-hydrogen) atoms. The van der Waals surface area contributed by atoms with E-state index in [1.807, 2.05) is 45.0 Å². The molecule has 0 spiro atoms. The summed E-state index contributed by atoms with van der Waals surface area (Å²) < 4.78 is 0. The largest absolute Gasteiger partial charge is 0.353 e. The van der Waals surface area contributed by atoms with E-state index in [9.17, 15) is 9.59 Å². The molecule has 0 aliphatic rings. The molecule has 0 saturated carbocycles. The topological polar surface area (TPSA) is 61.4 Å². The minimum Gasteiger partial charge on any atom is -0.353 e. The second-order valence-electron chi connectivity index (χ2n) is 5.45. The summed E-state index contributed by atoms with van der Waals surface area (Å²) in [6.07, 6.45) is 0.864. The number of para-hydroxylation sites is 1. The van der Waals surface area contributed by atoms with Crippen molar-refractivity contribution >= 4 is 17.5 Å². The minimum absolute atomic E-state index is 0.0748. The first-order valence-electron chi connectivity index (χ1n) is 7.28. The second-order valence-corrected chi connectivity index (χ2v) is 5.45. The van der Waals surface area contributed by atoms with E-state index in [2.05, 4.69) is 10.6 Å². The van der Waals surface area contributed by atoms with Crippen LogP contribution in [0.15, 0.2) is 24.3 Å². The molecule has 5 nitrogen and oxygen atoms in total. The first kappa shape index (κ1) is 17.2. The van der Waals surface area contributed by atoms with Crippen molar-refractivity contribution in [1.29, 1.82) is 0 Å². The smallest absolute Gasteiger partial charge is 0.238 e. The van der Waals surface area contributed by atoms with E-state index in [0.717, 1.165) is 17.7 Å². The van der Waals surface area contributed by atoms with Crippen molar-refractivity contribution in [1.82, 2.24) is 10.2 Å². The molecule has 2 amide bonds. The molecule has 5 heteroatoms. The number of anilines is 1. The monoisotopic (exact) mass is 291 g/mol. The summed E-state index contributed by atoms with van der Waals surface area (Å²) in [4.78, 5) is 25.3. The third-order valence-electron chi connectivity index (χ3n) is 2.95. The van der Waals surface area contributed by atoms with E-state index in [0.29, 0.717) is 0 Å². The Labute approximate surface area is 126 Å². The fraction of sp³-hybridized carbons (Fsp3) is 0.500. The second kappa shape index (κ2) is 8.42. The van der Waals surface area contributed by atoms with Crippen LogP contribution in [0.3, 0.4) is 0 Å². The number of hydrogen-bond donors (Lipinski definition) is 2. The molecule has 0 unspecified atom stereocenters. The molecule has 0 radical (unpaired) electrons. The maximum absolute atomic E-state index is 12.0. The third-order valence-corrected chi connectivity index (χ3v) is 2.95. The summed E-state index contributed by atoms with van der Waals surface area (Å²) in [6, 6.07) is 7.85. The van der Waals surface area contributed by atoms with Crippen molar-refractivity contribution in [2.75, 3.05) is 25.5 Å². The van der Waals surface area contributed by atoms with E-state index in [1.165, 1.54) is 0 Å². The number of nitrogens with one attached hydrogen (secondary N) is 2. The summed E-state index contributed by atoms with van der Waals surface area (Å²) in [5, 5.41) is 5.70. The molecule has 0 fully saturated rings. The van der Waals surface area contributed by atoms with Gasteiger partial charge in [0.25, 0.3) is 0 Å². The van der Waals surface area contributed by atoms with Crippen LogP contribution >= 0.6 is 0 Å². The molecule has 1 aromatic carbocycles. The summed E-state index contributed by atoms with van der Waals surface area (Å²) in [5.41, 5.74) is 1.94. The predicted molar refractivity (Wildman–Crippen MR) is 85.2 cm³/mol. The first-order chi connectivity index (χ1) is 9.92. The highest BCUT2D eigenvalue weighted by Gasteiger charge is 2.12. The lowest BCUT2D eigenvalue weighted by atomic mass is 10.1. The number of carbonyl (C=O) groups excluding carboxylic acids is 2. The van der Waals surface area contributed by atoms with Gasteiger partial charge in [-0.15, -0.1) is 0 Å². The van der Waals surface area contributed by atoms with E-state index in [1.54, 1.807) is 11.9 Å². The highest BCUT2D eigenvalue weighted by molar-refractivity contribution is 5.93. The highest BCUT2D eigenvalue weighted by atomic mass is 16.2. The first-order valence-corrected chi connectivity index (χ1v) is 7.28. The van der Waals surface area contributed by atoms with E-state index in [-0.39, 0.29) is 30.9 Å². The minimum atomic E-state index is -0.115. The number of hydrogen-bond acceptors (Lipinski definition) is 3. The van der Waals surface area contributed by atoms with Gasteiger partial charge in [0.1, 0.15) is 0 Å². The zero-order valence-electron chi connectivity index (χ0n) is 13.3. The zero-order valence-corrected chi connectivity index (χ0v) is 13.3. The molecule has 0 aromatic heterocycles. The van der Waals surface area contributed by atoms with E-state index in [4.69, 9.17) is 0 Å². The van der Waals surface area contributed by atoms with Crippen molar-refractivity contribution in [2.45, 2.75) is 33.2 Å². The maximum atomic E-state index is 12.0. The van der Waals surface area contributed by atoms with Crippen LogP contribution in [-0.4, -0.2) is 42.9 Å². The number of amides is 2. The fourth-order valence-corrected chi connectivity index (χ4v) is 2.05. The number of likely N-dealkylation sites (N-methyl/N-ethyl adjacent to an activating group) is 1. The van der Waals surface area contributed by atoms with E-state index >= 15 is 0 Å². The molecule has 0 aliphatic heterocycles. The molecule has 1 rings (SSSR count). The number of nitrogens with zero attached hydrogens (tertiary/aromatic N) is 1. The average molecular weight is 291 g/mol. The molecule has 0 bridgehead atoms. The number of aryl methyl sites for hydroxylation is 1. The molecule has 0 atom stereocenters. The van der Waals surface area contributed by atoms with Gasteiger partial charge in [-0.25, -0.2) is 0 Å². The van der Waals surface area contributed by atoms with Gasteiger partial charge in [-0.05, 0) is 38.9 Å². The predicted octanol–water partition coefficient (Wildman–Crippen LogP) is 1.64. The number of benzene rings is 1. The van der Waals surface area contributed by atoms with Gasteiger partial charge in [0.15, 0.2) is 0 Å². The lowest BCUT2D eigenvalue weighted by Gasteiger charge is -2.17. The fourth-order valence-electron chi connectivity index (χ4n) is 2.05. The molecule has 0 aliphatic carbocycles. The van der Waals surface area contributed by atoms with Crippen LogP contribution in [0.25, 0.3) is 0 Å². The lowest BCUT2D eigenvalue weighted by Crippen LogP contribution is -2.41. The van der Waals surface area contributed by atoms with E-state index < -0.39 is 0 Å². The standard InChI is InChI=1S/C16H25N3O2/c1-5-13-8-6-7-9-14(13)18-16(21)11-19(4)10-15(20)17-12(2)3/h6-9,12H,5,10-11H2,1-4H3,(H,17,20)(H,18,21). The summed E-state index contributed by atoms with van der Waals surface area (Å²) in [6.45, 7) is 6.26. The van der Waals surface area contributed by atoms with Crippen molar-refractivity contribution in [3.63, 3.8) is 0 Å². The SMILES string of the molecule is CCc1ccccc1NC(=O)CN(C)CC(=O)NC(C)C. The Kier molecular flexibility index (Phi) is 6.88. The average Bonchev–Trinajstić information content (AvgIpc) is 2.37. The van der Waals surface area contributed by atoms with Crippen LogP contribution < -0.4 is 10.6 Å². The van der Waals surface area contributed by atoms with Gasteiger partial charge in [-0.1, -0.05) is 25.1 Å². The van der Waals surface area contributed by atoms with Crippen LogP contribution in [0.2, 0.25) is 0 Å². The lowest BCUT2D eigenvalue weighted by molar-refractivity contribution is -0.123. The van der Waals surface area contributed by atoms with Gasteiger partial charge >= 0.3 is 0 Å². The Bertz CT molecular complexity index is 486. The quantitative estimate of drug-likeness (QED) is 0.803. The zero-order chi connectivity index (χ0) is 15.8. The van der Waals surface area contributed by atoms with Crippen LogP contribution in [0, 0.1) is 0 Å². The number of rotatable bonds is 7. The molecule has 116 valence electrons. The van der Waals surface area contributed by atoms with Gasteiger partial charge in [-0.3, -0.25) is 14.5 Å². The van der Waals surface area contributed by atoms with Crippen LogP contribution in [0.5, 0.6) is 0 Å². The van der Waals surface area contributed by atoms with Crippen LogP contribution in [0.1, 0.15) is 26.3 Å². The van der Waals surface area contributed by atoms with Crippen molar-refractivity contribution in [3.8, 4) is 0 Å². The number of carbonyl (C=O) groups is 2. The van der Waals surface area contributed by atoms with Gasteiger partial charge in [0.05, 0.1) is 13.1 Å². The molecular formula is C16H25N3O2. The summed E-state index contributed by atoms with van der Waals surface area (Å²) in [5.74, 6) is -0.190. The Balaban J connectivity index is 2.48. The van der Waals surface area contributed by atoms with Gasteiger partial charge < -0.3 is 10.6 Å². The Morgan fingerprint density at radius 1 is 1.14 bits per heavy atom. The molecule has 1 aromatic rings. The van der Waals surface area contributed by atoms with Gasteiger partial charge in [-0.2, -0.15) is 0 Å². The highest BCUT2D eigenvalue weighted by Crippen LogP contribution is 2.15. The van der Waals surface area contributed by atoms with Crippen molar-refractivity contribution < 1.29 is 9.59 Å². The Morgan fingerprint density at radius 3 is 2.38 bits per heavy atom. The van der Waals surface area contributed by atoms with Gasteiger partial charge in [0.2, 0.25) is 11.8 Å². The molecule has 0 heterocycles. The summed E-state index contributed by atoms with van der Waals surface area (Å²) in [7, 11) is 1.76. The van der Waals surface area contributed by atoms with Crippen molar-refractivity contribution in [2.24, 2.45) is 0 Å². The molecular weight excluding hydrogens is 266 g/mol. The summed E-state index contributed by atoms with van der Waals surface area (Å²) >= 11 is 0. The molecule has 2 N–H and O–H groups in total. The third kappa shape index (κ3) is 6.40. The van der Waals surface area contributed by atoms with Crippen LogP contribution in [-0.2, 0) is 16.0 Å². The normalized spacial score (nSPS) is 10.8. The van der Waals surface area contributed by atoms with Gasteiger partial charge in [0, 0.05) is 11.7 Å². The van der Waals surface area contributed by atoms with Crippen LogP contribution in [0.4, 0.5) is 5.69 Å². The molecule has 0 saturated heterocycles.